The largest absolute Gasteiger partial charge is 0.0842 e. The molecule has 1 aliphatic rings. The topological polar surface area (TPSA) is 0 Å². The van der Waals surface area contributed by atoms with E-state index >= 15 is 0 Å². The number of rotatable bonds is 2. The summed E-state index contributed by atoms with van der Waals surface area (Å²) in [5, 5.41) is 0. The number of hydrogen-bond acceptors (Lipinski definition) is 0. The molecular weight excluding hydrogens is 144 g/mol. The van der Waals surface area contributed by atoms with Crippen LogP contribution in [0.4, 0.5) is 0 Å². The zero-order valence-corrected chi connectivity index (χ0v) is 8.77. The van der Waals surface area contributed by atoms with E-state index in [1.807, 2.05) is 0 Å². The molecule has 0 heterocycles. The monoisotopic (exact) mass is 166 g/mol. The Bertz CT molecular complexity index is 138. The molecule has 0 bridgehead atoms. The van der Waals surface area contributed by atoms with Gasteiger partial charge in [-0.1, -0.05) is 56.9 Å². The summed E-state index contributed by atoms with van der Waals surface area (Å²) in [6.07, 6.45) is 13.1. The minimum absolute atomic E-state index is 1.24. The van der Waals surface area contributed by atoms with E-state index in [1.165, 1.54) is 37.7 Å². The van der Waals surface area contributed by atoms with Crippen molar-refractivity contribution in [3.05, 3.63) is 23.8 Å². The van der Waals surface area contributed by atoms with Crippen LogP contribution in [0.3, 0.4) is 0 Å². The Labute approximate surface area is 77.4 Å². The Morgan fingerprint density at radius 3 is 2.08 bits per heavy atom. The van der Waals surface area contributed by atoms with Crippen LogP contribution >= 0.6 is 0 Å². The molecule has 0 radical (unpaired) electrons. The van der Waals surface area contributed by atoms with Gasteiger partial charge in [-0.2, -0.15) is 0 Å². The molecule has 0 aromatic heterocycles. The molecule has 0 heteroatoms. The summed E-state index contributed by atoms with van der Waals surface area (Å²) in [6, 6.07) is 0. The van der Waals surface area contributed by atoms with Gasteiger partial charge in [-0.15, -0.1) is 0 Å². The zero-order valence-electron chi connectivity index (χ0n) is 8.77. The van der Waals surface area contributed by atoms with Gasteiger partial charge in [-0.05, 0) is 19.8 Å². The van der Waals surface area contributed by atoms with E-state index in [0.29, 0.717) is 0 Å². The smallest absolute Gasteiger partial charge is 0.0285 e. The van der Waals surface area contributed by atoms with Gasteiger partial charge in [0.25, 0.3) is 0 Å². The molecule has 1 rings (SSSR count). The minimum atomic E-state index is 1.24. The Morgan fingerprint density at radius 2 is 1.92 bits per heavy atom. The predicted molar refractivity (Wildman–Crippen MR) is 57.3 cm³/mol. The SMILES string of the molecule is CC1=CC=CCC1.CCCCC. The van der Waals surface area contributed by atoms with Gasteiger partial charge in [0.05, 0.1) is 0 Å². The second kappa shape index (κ2) is 8.58. The van der Waals surface area contributed by atoms with Gasteiger partial charge < -0.3 is 0 Å². The summed E-state index contributed by atoms with van der Waals surface area (Å²) in [5.74, 6) is 0. The Balaban J connectivity index is 0.000000217. The second-order valence-corrected chi connectivity index (χ2v) is 3.33. The summed E-state index contributed by atoms with van der Waals surface area (Å²) < 4.78 is 0. The quantitative estimate of drug-likeness (QED) is 0.567. The van der Waals surface area contributed by atoms with Crippen LogP contribution in [0, 0.1) is 0 Å². The number of hydrogen-bond donors (Lipinski definition) is 0. The van der Waals surface area contributed by atoms with Gasteiger partial charge in [0, 0.05) is 0 Å². The second-order valence-electron chi connectivity index (χ2n) is 3.33. The van der Waals surface area contributed by atoms with Gasteiger partial charge in [-0.25, -0.2) is 0 Å². The van der Waals surface area contributed by atoms with Crippen molar-refractivity contribution in [1.82, 2.24) is 0 Å². The first-order valence-corrected chi connectivity index (χ1v) is 5.13. The average Bonchev–Trinajstić information content (AvgIpc) is 2.08. The molecular formula is C12H22. The van der Waals surface area contributed by atoms with Crippen molar-refractivity contribution < 1.29 is 0 Å². The first-order chi connectivity index (χ1) is 5.81. The third-order valence-electron chi connectivity index (χ3n) is 1.93. The molecule has 0 nitrogen and oxygen atoms in total. The predicted octanol–water partition coefficient (Wildman–Crippen LogP) is 4.48. The Morgan fingerprint density at radius 1 is 1.25 bits per heavy atom. The van der Waals surface area contributed by atoms with Crippen molar-refractivity contribution in [2.45, 2.75) is 52.9 Å². The van der Waals surface area contributed by atoms with Crippen molar-refractivity contribution in [2.75, 3.05) is 0 Å². The molecule has 70 valence electrons. The van der Waals surface area contributed by atoms with Crippen LogP contribution in [0.5, 0.6) is 0 Å². The van der Waals surface area contributed by atoms with Crippen LogP contribution in [-0.2, 0) is 0 Å². The standard InChI is InChI=1S/C7H10.C5H12/c1-7-5-3-2-4-6-7;1-3-5-4-2/h2-3,5H,4,6H2,1H3;3-5H2,1-2H3. The molecule has 0 fully saturated rings. The summed E-state index contributed by atoms with van der Waals surface area (Å²) in [6.45, 7) is 6.59. The zero-order chi connectivity index (χ0) is 9.23. The lowest BCUT2D eigenvalue weighted by Crippen LogP contribution is -1.78. The molecule has 0 amide bonds. The van der Waals surface area contributed by atoms with Gasteiger partial charge in [-0.3, -0.25) is 0 Å². The molecule has 0 saturated heterocycles. The lowest BCUT2D eigenvalue weighted by Gasteiger charge is -1.98. The Kier molecular flexibility index (Phi) is 8.20. The van der Waals surface area contributed by atoms with E-state index in [0.717, 1.165) is 0 Å². The number of allylic oxidation sites excluding steroid dienone is 4. The molecule has 0 spiro atoms. The van der Waals surface area contributed by atoms with Crippen molar-refractivity contribution >= 4 is 0 Å². The van der Waals surface area contributed by atoms with E-state index in [4.69, 9.17) is 0 Å². The minimum Gasteiger partial charge on any atom is -0.0842 e. The third kappa shape index (κ3) is 7.59. The molecule has 1 aliphatic carbocycles. The highest BCUT2D eigenvalue weighted by molar-refractivity contribution is 5.15. The molecule has 0 aromatic carbocycles. The first kappa shape index (κ1) is 11.5. The fourth-order valence-corrected chi connectivity index (χ4v) is 1.08. The lowest BCUT2D eigenvalue weighted by molar-refractivity contribution is 0.772. The van der Waals surface area contributed by atoms with Crippen LogP contribution in [0.1, 0.15) is 52.9 Å². The first-order valence-electron chi connectivity index (χ1n) is 5.13. The normalized spacial score (nSPS) is 14.8. The van der Waals surface area contributed by atoms with Gasteiger partial charge in [0.1, 0.15) is 0 Å². The van der Waals surface area contributed by atoms with Gasteiger partial charge in [0.15, 0.2) is 0 Å². The van der Waals surface area contributed by atoms with Crippen molar-refractivity contribution in [2.24, 2.45) is 0 Å². The van der Waals surface area contributed by atoms with Crippen molar-refractivity contribution in [1.29, 1.82) is 0 Å². The van der Waals surface area contributed by atoms with Crippen LogP contribution in [0.2, 0.25) is 0 Å². The third-order valence-corrected chi connectivity index (χ3v) is 1.93. The van der Waals surface area contributed by atoms with E-state index < -0.39 is 0 Å². The molecule has 0 unspecified atom stereocenters. The highest BCUT2D eigenvalue weighted by Crippen LogP contribution is 2.08. The summed E-state index contributed by atoms with van der Waals surface area (Å²) in [4.78, 5) is 0. The molecule has 0 saturated carbocycles. The molecule has 12 heavy (non-hydrogen) atoms. The highest BCUT2D eigenvalue weighted by atomic mass is 13.9. The average molecular weight is 166 g/mol. The summed E-state index contributed by atoms with van der Waals surface area (Å²) in [7, 11) is 0. The fraction of sp³-hybridized carbons (Fsp3) is 0.667. The summed E-state index contributed by atoms with van der Waals surface area (Å²) in [5.41, 5.74) is 1.50. The van der Waals surface area contributed by atoms with E-state index in [2.05, 4.69) is 39.0 Å². The van der Waals surface area contributed by atoms with Gasteiger partial charge >= 0.3 is 0 Å². The fourth-order valence-electron chi connectivity index (χ4n) is 1.08. The maximum absolute atomic E-state index is 2.21. The van der Waals surface area contributed by atoms with Crippen LogP contribution in [0.15, 0.2) is 23.8 Å². The van der Waals surface area contributed by atoms with Crippen LogP contribution in [0.25, 0.3) is 0 Å². The van der Waals surface area contributed by atoms with Gasteiger partial charge in [0.2, 0.25) is 0 Å². The molecule has 0 aliphatic heterocycles. The van der Waals surface area contributed by atoms with E-state index in [9.17, 15) is 0 Å². The van der Waals surface area contributed by atoms with E-state index in [1.54, 1.807) is 0 Å². The Hall–Kier alpha value is -0.520. The number of unbranched alkanes of at least 4 members (excludes halogenated alkanes) is 2. The van der Waals surface area contributed by atoms with E-state index in [-0.39, 0.29) is 0 Å². The maximum atomic E-state index is 2.21. The molecule has 0 N–H and O–H groups in total. The van der Waals surface area contributed by atoms with Crippen LogP contribution < -0.4 is 0 Å². The van der Waals surface area contributed by atoms with Crippen molar-refractivity contribution in [3.63, 3.8) is 0 Å². The highest BCUT2D eigenvalue weighted by Gasteiger charge is 1.88. The summed E-state index contributed by atoms with van der Waals surface area (Å²) >= 11 is 0. The van der Waals surface area contributed by atoms with Crippen LogP contribution in [-0.4, -0.2) is 0 Å². The van der Waals surface area contributed by atoms with Crippen molar-refractivity contribution in [3.8, 4) is 0 Å². The molecule has 0 aromatic rings. The molecule has 0 atom stereocenters. The maximum Gasteiger partial charge on any atom is -0.0285 e. The lowest BCUT2D eigenvalue weighted by atomic mass is 10.1.